The van der Waals surface area contributed by atoms with Crippen molar-refractivity contribution in [3.8, 4) is 0 Å². The van der Waals surface area contributed by atoms with Crippen molar-refractivity contribution in [2.75, 3.05) is 26.7 Å². The monoisotopic (exact) mass is 240 g/mol. The normalized spacial score (nSPS) is 19.8. The lowest BCUT2D eigenvalue weighted by atomic mass is 9.72. The van der Waals surface area contributed by atoms with E-state index in [-0.39, 0.29) is 0 Å². The quantitative estimate of drug-likeness (QED) is 0.659. The van der Waals surface area contributed by atoms with Crippen LogP contribution in [0.3, 0.4) is 0 Å². The summed E-state index contributed by atoms with van der Waals surface area (Å²) < 4.78 is 0. The van der Waals surface area contributed by atoms with Gasteiger partial charge in [-0.05, 0) is 57.8 Å². The van der Waals surface area contributed by atoms with Crippen molar-refractivity contribution in [2.45, 2.75) is 64.7 Å². The molecule has 1 rings (SSSR count). The van der Waals surface area contributed by atoms with E-state index in [1.165, 1.54) is 70.9 Å². The van der Waals surface area contributed by atoms with Crippen LogP contribution in [0.1, 0.15) is 64.7 Å². The van der Waals surface area contributed by atoms with Gasteiger partial charge in [0, 0.05) is 0 Å². The standard InChI is InChI=1S/C15H32N2/c1-3-4-8-12-17(2)13-11-15(14-16)9-6-5-7-10-15/h3-14,16H2,1-2H3. The fourth-order valence-electron chi connectivity index (χ4n) is 3.03. The molecule has 0 aromatic heterocycles. The minimum Gasteiger partial charge on any atom is -0.330 e. The van der Waals surface area contributed by atoms with Crippen LogP contribution in [0.4, 0.5) is 0 Å². The van der Waals surface area contributed by atoms with E-state index in [1.807, 2.05) is 0 Å². The van der Waals surface area contributed by atoms with Crippen LogP contribution in [-0.4, -0.2) is 31.6 Å². The molecule has 0 saturated heterocycles. The van der Waals surface area contributed by atoms with Gasteiger partial charge in [-0.25, -0.2) is 0 Å². The van der Waals surface area contributed by atoms with Crippen LogP contribution in [0.25, 0.3) is 0 Å². The van der Waals surface area contributed by atoms with Crippen LogP contribution in [0.15, 0.2) is 0 Å². The highest BCUT2D eigenvalue weighted by Gasteiger charge is 2.30. The zero-order valence-corrected chi connectivity index (χ0v) is 12.0. The summed E-state index contributed by atoms with van der Waals surface area (Å²) in [5, 5.41) is 0. The Hall–Kier alpha value is -0.0800. The maximum atomic E-state index is 6.03. The van der Waals surface area contributed by atoms with E-state index in [9.17, 15) is 0 Å². The van der Waals surface area contributed by atoms with Gasteiger partial charge in [0.2, 0.25) is 0 Å². The summed E-state index contributed by atoms with van der Waals surface area (Å²) >= 11 is 0. The molecule has 102 valence electrons. The summed E-state index contributed by atoms with van der Waals surface area (Å²) in [6.45, 7) is 5.66. The van der Waals surface area contributed by atoms with Crippen LogP contribution in [0, 0.1) is 5.41 Å². The summed E-state index contributed by atoms with van der Waals surface area (Å²) in [4.78, 5) is 2.50. The molecule has 0 atom stereocenters. The minimum atomic E-state index is 0.483. The predicted octanol–water partition coefficient (Wildman–Crippen LogP) is 3.41. The highest BCUT2D eigenvalue weighted by atomic mass is 15.1. The Balaban J connectivity index is 2.21. The van der Waals surface area contributed by atoms with Gasteiger partial charge in [0.1, 0.15) is 0 Å². The maximum absolute atomic E-state index is 6.03. The Morgan fingerprint density at radius 1 is 1.06 bits per heavy atom. The van der Waals surface area contributed by atoms with Gasteiger partial charge >= 0.3 is 0 Å². The molecule has 0 amide bonds. The zero-order valence-electron chi connectivity index (χ0n) is 12.0. The Bertz CT molecular complexity index is 185. The number of rotatable bonds is 8. The Kier molecular flexibility index (Phi) is 7.14. The highest BCUT2D eigenvalue weighted by Crippen LogP contribution is 2.38. The van der Waals surface area contributed by atoms with E-state index in [2.05, 4.69) is 18.9 Å². The van der Waals surface area contributed by atoms with Gasteiger partial charge < -0.3 is 10.6 Å². The van der Waals surface area contributed by atoms with E-state index >= 15 is 0 Å². The van der Waals surface area contributed by atoms with Crippen molar-refractivity contribution < 1.29 is 0 Å². The van der Waals surface area contributed by atoms with E-state index in [0.717, 1.165) is 6.54 Å². The van der Waals surface area contributed by atoms with Crippen molar-refractivity contribution in [2.24, 2.45) is 11.1 Å². The average molecular weight is 240 g/mol. The third kappa shape index (κ3) is 5.39. The Morgan fingerprint density at radius 3 is 2.35 bits per heavy atom. The second-order valence-corrected chi connectivity index (χ2v) is 6.03. The van der Waals surface area contributed by atoms with Gasteiger partial charge in [-0.15, -0.1) is 0 Å². The number of nitrogens with two attached hydrogens (primary N) is 1. The first-order chi connectivity index (χ1) is 8.22. The number of nitrogens with zero attached hydrogens (tertiary/aromatic N) is 1. The third-order valence-electron chi connectivity index (χ3n) is 4.51. The van der Waals surface area contributed by atoms with Gasteiger partial charge in [-0.2, -0.15) is 0 Å². The van der Waals surface area contributed by atoms with Crippen molar-refractivity contribution in [3.05, 3.63) is 0 Å². The fourth-order valence-corrected chi connectivity index (χ4v) is 3.03. The zero-order chi connectivity index (χ0) is 12.6. The predicted molar refractivity (Wildman–Crippen MR) is 76.2 cm³/mol. The molecule has 1 fully saturated rings. The topological polar surface area (TPSA) is 29.3 Å². The molecule has 0 aromatic carbocycles. The van der Waals surface area contributed by atoms with Crippen molar-refractivity contribution >= 4 is 0 Å². The summed E-state index contributed by atoms with van der Waals surface area (Å²) in [6, 6.07) is 0. The first-order valence-corrected chi connectivity index (χ1v) is 7.61. The molecule has 0 aromatic rings. The van der Waals surface area contributed by atoms with E-state index in [0.29, 0.717) is 5.41 Å². The van der Waals surface area contributed by atoms with Crippen LogP contribution in [0.5, 0.6) is 0 Å². The fraction of sp³-hybridized carbons (Fsp3) is 1.00. The molecule has 1 saturated carbocycles. The molecule has 0 unspecified atom stereocenters. The molecule has 0 radical (unpaired) electrons. The van der Waals surface area contributed by atoms with Gasteiger partial charge in [0.15, 0.2) is 0 Å². The largest absolute Gasteiger partial charge is 0.330 e. The summed E-state index contributed by atoms with van der Waals surface area (Å²) in [7, 11) is 2.27. The molecule has 2 heteroatoms. The van der Waals surface area contributed by atoms with Gasteiger partial charge in [-0.1, -0.05) is 39.0 Å². The molecule has 0 spiro atoms. The van der Waals surface area contributed by atoms with E-state index < -0.39 is 0 Å². The number of unbranched alkanes of at least 4 members (excludes halogenated alkanes) is 2. The lowest BCUT2D eigenvalue weighted by molar-refractivity contribution is 0.155. The maximum Gasteiger partial charge on any atom is -0.00160 e. The van der Waals surface area contributed by atoms with Crippen LogP contribution >= 0.6 is 0 Å². The van der Waals surface area contributed by atoms with Crippen molar-refractivity contribution in [1.29, 1.82) is 0 Å². The summed E-state index contributed by atoms with van der Waals surface area (Å²) in [6.07, 6.45) is 12.3. The Morgan fingerprint density at radius 2 is 1.76 bits per heavy atom. The first-order valence-electron chi connectivity index (χ1n) is 7.61. The molecule has 17 heavy (non-hydrogen) atoms. The molecule has 0 aliphatic heterocycles. The molecule has 0 bridgehead atoms. The van der Waals surface area contributed by atoms with Crippen LogP contribution < -0.4 is 5.73 Å². The molecular formula is C15H32N2. The van der Waals surface area contributed by atoms with Crippen LogP contribution in [-0.2, 0) is 0 Å². The Labute approximate surface area is 108 Å². The molecule has 1 aliphatic rings. The lowest BCUT2D eigenvalue weighted by Gasteiger charge is -2.37. The summed E-state index contributed by atoms with van der Waals surface area (Å²) in [5.41, 5.74) is 6.51. The lowest BCUT2D eigenvalue weighted by Crippen LogP contribution is -2.36. The van der Waals surface area contributed by atoms with Crippen LogP contribution in [0.2, 0.25) is 0 Å². The first kappa shape index (κ1) is 15.0. The SMILES string of the molecule is CCCCCN(C)CCC1(CN)CCCCC1. The highest BCUT2D eigenvalue weighted by molar-refractivity contribution is 4.84. The van der Waals surface area contributed by atoms with Gasteiger partial charge in [-0.3, -0.25) is 0 Å². The second-order valence-electron chi connectivity index (χ2n) is 6.03. The molecule has 2 nitrogen and oxygen atoms in total. The minimum absolute atomic E-state index is 0.483. The average Bonchev–Trinajstić information content (AvgIpc) is 2.38. The number of hydrogen-bond acceptors (Lipinski definition) is 2. The summed E-state index contributed by atoms with van der Waals surface area (Å²) in [5.74, 6) is 0. The smallest absolute Gasteiger partial charge is 0.00160 e. The van der Waals surface area contributed by atoms with Gasteiger partial charge in [0.25, 0.3) is 0 Å². The third-order valence-corrected chi connectivity index (χ3v) is 4.51. The molecule has 2 N–H and O–H groups in total. The van der Waals surface area contributed by atoms with Crippen molar-refractivity contribution in [3.63, 3.8) is 0 Å². The van der Waals surface area contributed by atoms with E-state index in [4.69, 9.17) is 5.73 Å². The van der Waals surface area contributed by atoms with E-state index in [1.54, 1.807) is 0 Å². The molecular weight excluding hydrogens is 208 g/mol. The number of hydrogen-bond donors (Lipinski definition) is 1. The molecule has 1 aliphatic carbocycles. The van der Waals surface area contributed by atoms with Crippen molar-refractivity contribution in [1.82, 2.24) is 4.90 Å². The molecule has 0 heterocycles. The second kappa shape index (κ2) is 8.10. The van der Waals surface area contributed by atoms with Gasteiger partial charge in [0.05, 0.1) is 0 Å².